The van der Waals surface area contributed by atoms with Crippen LogP contribution in [0.15, 0.2) is 40.9 Å². The Morgan fingerprint density at radius 1 is 1.16 bits per heavy atom. The molecule has 0 radical (unpaired) electrons. The minimum absolute atomic E-state index is 0.225. The second-order valence-electron chi connectivity index (χ2n) is 3.92. The van der Waals surface area contributed by atoms with Gasteiger partial charge >= 0.3 is 0 Å². The molecule has 1 amide bonds. The van der Waals surface area contributed by atoms with E-state index in [-0.39, 0.29) is 11.4 Å². The number of hydrogen-bond donors (Lipinski definition) is 3. The number of anilines is 3. The van der Waals surface area contributed by atoms with Gasteiger partial charge < -0.3 is 16.8 Å². The van der Waals surface area contributed by atoms with Crippen molar-refractivity contribution in [2.45, 2.75) is 0 Å². The summed E-state index contributed by atoms with van der Waals surface area (Å²) >= 11 is 3.07. The third-order valence-corrected chi connectivity index (χ3v) is 3.17. The number of carbonyl (C=O) groups is 1. The molecule has 0 spiro atoms. The molecule has 2 aromatic rings. The molecule has 0 bridgehead atoms. The first-order valence-electron chi connectivity index (χ1n) is 5.39. The van der Waals surface area contributed by atoms with E-state index in [1.807, 2.05) is 0 Å². The van der Waals surface area contributed by atoms with E-state index in [1.165, 1.54) is 12.1 Å². The molecule has 0 heterocycles. The Labute approximate surface area is 117 Å². The van der Waals surface area contributed by atoms with Crippen LogP contribution in [0.5, 0.6) is 0 Å². The largest absolute Gasteiger partial charge is 0.398 e. The number of nitrogen functional groups attached to an aromatic ring is 1. The van der Waals surface area contributed by atoms with Gasteiger partial charge in [-0.3, -0.25) is 4.79 Å². The first-order chi connectivity index (χ1) is 8.97. The van der Waals surface area contributed by atoms with Crippen molar-refractivity contribution in [1.82, 2.24) is 0 Å². The van der Waals surface area contributed by atoms with Gasteiger partial charge in [-0.15, -0.1) is 0 Å². The van der Waals surface area contributed by atoms with E-state index in [9.17, 15) is 9.18 Å². The van der Waals surface area contributed by atoms with Crippen molar-refractivity contribution in [3.63, 3.8) is 0 Å². The number of halogens is 2. The van der Waals surface area contributed by atoms with Crippen molar-refractivity contribution in [1.29, 1.82) is 0 Å². The van der Waals surface area contributed by atoms with Gasteiger partial charge in [-0.05, 0) is 52.3 Å². The van der Waals surface area contributed by atoms with Gasteiger partial charge in [-0.25, -0.2) is 4.39 Å². The summed E-state index contributed by atoms with van der Waals surface area (Å²) in [5.74, 6) is -0.987. The maximum absolute atomic E-state index is 13.4. The molecule has 0 unspecified atom stereocenters. The van der Waals surface area contributed by atoms with E-state index < -0.39 is 5.91 Å². The highest BCUT2D eigenvalue weighted by Gasteiger charge is 2.07. The lowest BCUT2D eigenvalue weighted by Crippen LogP contribution is -2.13. The minimum Gasteiger partial charge on any atom is -0.398 e. The van der Waals surface area contributed by atoms with E-state index in [0.29, 0.717) is 21.5 Å². The Morgan fingerprint density at radius 3 is 2.42 bits per heavy atom. The third-order valence-electron chi connectivity index (χ3n) is 2.53. The number of nitrogens with one attached hydrogen (secondary N) is 1. The number of hydrogen-bond acceptors (Lipinski definition) is 3. The Kier molecular flexibility index (Phi) is 3.71. The van der Waals surface area contributed by atoms with E-state index in [1.54, 1.807) is 24.3 Å². The molecule has 4 nitrogen and oxygen atoms in total. The Morgan fingerprint density at radius 2 is 1.79 bits per heavy atom. The lowest BCUT2D eigenvalue weighted by Gasteiger charge is -2.09. The Balaban J connectivity index is 2.30. The standard InChI is InChI=1S/C13H11BrFN3O/c14-10-3-1-8(6-11(10)15)18-7-2-4-12(16)9(5-7)13(17)19/h1-6,18H,16H2,(H2,17,19). The van der Waals surface area contributed by atoms with Crippen molar-refractivity contribution in [3.05, 3.63) is 52.3 Å². The van der Waals surface area contributed by atoms with E-state index in [0.717, 1.165) is 0 Å². The van der Waals surface area contributed by atoms with E-state index >= 15 is 0 Å². The summed E-state index contributed by atoms with van der Waals surface area (Å²) in [6.45, 7) is 0. The Hall–Kier alpha value is -2.08. The van der Waals surface area contributed by atoms with Crippen LogP contribution >= 0.6 is 15.9 Å². The molecule has 19 heavy (non-hydrogen) atoms. The van der Waals surface area contributed by atoms with Gasteiger partial charge in [-0.1, -0.05) is 0 Å². The van der Waals surface area contributed by atoms with Crippen LogP contribution in [0.2, 0.25) is 0 Å². The first kappa shape index (κ1) is 13.4. The van der Waals surface area contributed by atoms with Gasteiger partial charge in [0.1, 0.15) is 5.82 Å². The predicted octanol–water partition coefficient (Wildman–Crippen LogP) is 3.01. The Bertz CT molecular complexity index is 646. The average molecular weight is 324 g/mol. The van der Waals surface area contributed by atoms with Gasteiger partial charge in [-0.2, -0.15) is 0 Å². The fourth-order valence-corrected chi connectivity index (χ4v) is 1.83. The van der Waals surface area contributed by atoms with Crippen LogP contribution in [0.3, 0.4) is 0 Å². The quantitative estimate of drug-likeness (QED) is 0.759. The van der Waals surface area contributed by atoms with Gasteiger partial charge in [0.15, 0.2) is 0 Å². The van der Waals surface area contributed by atoms with Crippen LogP contribution in [0.25, 0.3) is 0 Å². The fraction of sp³-hybridized carbons (Fsp3) is 0. The van der Waals surface area contributed by atoms with Crippen LogP contribution in [-0.4, -0.2) is 5.91 Å². The first-order valence-corrected chi connectivity index (χ1v) is 6.18. The summed E-state index contributed by atoms with van der Waals surface area (Å²) in [6, 6.07) is 9.40. The second kappa shape index (κ2) is 5.27. The van der Waals surface area contributed by atoms with E-state index in [2.05, 4.69) is 21.2 Å². The van der Waals surface area contributed by atoms with E-state index in [4.69, 9.17) is 11.5 Å². The van der Waals surface area contributed by atoms with Crippen LogP contribution in [0.1, 0.15) is 10.4 Å². The molecular formula is C13H11BrFN3O. The molecule has 0 aliphatic heterocycles. The monoisotopic (exact) mass is 323 g/mol. The minimum atomic E-state index is -0.608. The zero-order valence-corrected chi connectivity index (χ0v) is 11.4. The van der Waals surface area contributed by atoms with Crippen LogP contribution < -0.4 is 16.8 Å². The zero-order chi connectivity index (χ0) is 14.0. The molecule has 2 rings (SSSR count). The summed E-state index contributed by atoms with van der Waals surface area (Å²) < 4.78 is 13.8. The highest BCUT2D eigenvalue weighted by Crippen LogP contribution is 2.24. The summed E-state index contributed by atoms with van der Waals surface area (Å²) in [7, 11) is 0. The molecule has 0 atom stereocenters. The normalized spacial score (nSPS) is 10.2. The second-order valence-corrected chi connectivity index (χ2v) is 4.77. The number of rotatable bonds is 3. The molecule has 2 aromatic carbocycles. The number of benzene rings is 2. The molecule has 0 aliphatic carbocycles. The molecule has 98 valence electrons. The fourth-order valence-electron chi connectivity index (χ4n) is 1.59. The van der Waals surface area contributed by atoms with Crippen molar-refractivity contribution < 1.29 is 9.18 Å². The predicted molar refractivity (Wildman–Crippen MR) is 76.8 cm³/mol. The molecule has 0 saturated carbocycles. The lowest BCUT2D eigenvalue weighted by molar-refractivity contribution is 0.100. The molecule has 0 saturated heterocycles. The van der Waals surface area contributed by atoms with Crippen LogP contribution in [-0.2, 0) is 0 Å². The molecule has 0 aliphatic rings. The number of primary amides is 1. The molecule has 5 N–H and O–H groups in total. The summed E-state index contributed by atoms with van der Waals surface area (Å²) in [4.78, 5) is 11.2. The average Bonchev–Trinajstić information content (AvgIpc) is 2.36. The van der Waals surface area contributed by atoms with Gasteiger partial charge in [0, 0.05) is 17.1 Å². The smallest absolute Gasteiger partial charge is 0.250 e. The third kappa shape index (κ3) is 3.03. The van der Waals surface area contributed by atoms with Crippen molar-refractivity contribution in [3.8, 4) is 0 Å². The lowest BCUT2D eigenvalue weighted by atomic mass is 10.1. The number of carbonyl (C=O) groups excluding carboxylic acids is 1. The van der Waals surface area contributed by atoms with Gasteiger partial charge in [0.2, 0.25) is 0 Å². The molecule has 0 aromatic heterocycles. The maximum atomic E-state index is 13.4. The van der Waals surface area contributed by atoms with Crippen molar-refractivity contribution in [2.24, 2.45) is 5.73 Å². The molecule has 0 fully saturated rings. The number of amides is 1. The summed E-state index contributed by atoms with van der Waals surface area (Å²) in [6.07, 6.45) is 0. The van der Waals surface area contributed by atoms with Gasteiger partial charge in [0.25, 0.3) is 5.91 Å². The summed E-state index contributed by atoms with van der Waals surface area (Å²) in [5.41, 5.74) is 12.5. The highest BCUT2D eigenvalue weighted by atomic mass is 79.9. The zero-order valence-electron chi connectivity index (χ0n) is 9.78. The highest BCUT2D eigenvalue weighted by molar-refractivity contribution is 9.10. The SMILES string of the molecule is NC(=O)c1cc(Nc2ccc(Br)c(F)c2)ccc1N. The summed E-state index contributed by atoms with van der Waals surface area (Å²) in [5, 5.41) is 2.97. The number of nitrogens with two attached hydrogens (primary N) is 2. The van der Waals surface area contributed by atoms with Crippen LogP contribution in [0, 0.1) is 5.82 Å². The molecule has 6 heteroatoms. The van der Waals surface area contributed by atoms with Crippen molar-refractivity contribution in [2.75, 3.05) is 11.1 Å². The van der Waals surface area contributed by atoms with Crippen LogP contribution in [0.4, 0.5) is 21.5 Å². The molecular weight excluding hydrogens is 313 g/mol. The topological polar surface area (TPSA) is 81.1 Å². The van der Waals surface area contributed by atoms with Gasteiger partial charge in [0.05, 0.1) is 10.0 Å². The van der Waals surface area contributed by atoms with Crippen molar-refractivity contribution >= 4 is 38.9 Å². The maximum Gasteiger partial charge on any atom is 0.250 e.